The molecule has 0 saturated carbocycles. The molecular formula is C16H34B. The monoisotopic (exact) mass is 237 g/mol. The minimum atomic E-state index is 0.306. The molecule has 0 aromatic heterocycles. The molecule has 1 heteroatoms. The molecule has 0 aliphatic heterocycles. The molecule has 1 radical (unpaired) electrons. The van der Waals surface area contributed by atoms with Crippen LogP contribution in [0.25, 0.3) is 0 Å². The van der Waals surface area contributed by atoms with E-state index in [2.05, 4.69) is 76.5 Å². The van der Waals surface area contributed by atoms with Crippen LogP contribution in [0.15, 0.2) is 0 Å². The Morgan fingerprint density at radius 2 is 0.824 bits per heavy atom. The maximum atomic E-state index is 2.61. The predicted octanol–water partition coefficient (Wildman–Crippen LogP) is 5.67. The van der Waals surface area contributed by atoms with Crippen molar-refractivity contribution < 1.29 is 0 Å². The molecule has 0 spiro atoms. The van der Waals surface area contributed by atoms with E-state index < -0.39 is 0 Å². The molecule has 0 aliphatic carbocycles. The van der Waals surface area contributed by atoms with Crippen LogP contribution in [0.1, 0.15) is 69.2 Å². The largest absolute Gasteiger partial charge is 0.125 e. The first-order valence-corrected chi connectivity index (χ1v) is 7.29. The van der Waals surface area contributed by atoms with Crippen LogP contribution in [0.3, 0.4) is 0 Å². The predicted molar refractivity (Wildman–Crippen MR) is 81.8 cm³/mol. The summed E-state index contributed by atoms with van der Waals surface area (Å²) in [6.45, 7) is 23.7. The zero-order valence-electron chi connectivity index (χ0n) is 13.9. The number of hydrogen-bond donors (Lipinski definition) is 0. The van der Waals surface area contributed by atoms with Crippen LogP contribution in [0.4, 0.5) is 0 Å². The highest BCUT2D eigenvalue weighted by Crippen LogP contribution is 2.48. The van der Waals surface area contributed by atoms with Crippen molar-refractivity contribution in [2.24, 2.45) is 23.7 Å². The first-order chi connectivity index (χ1) is 7.42. The molecule has 101 valence electrons. The fourth-order valence-corrected chi connectivity index (χ4v) is 2.94. The van der Waals surface area contributed by atoms with Crippen LogP contribution in [0, 0.1) is 23.7 Å². The smallest absolute Gasteiger partial charge is 0.0669 e. The van der Waals surface area contributed by atoms with E-state index in [0.29, 0.717) is 10.6 Å². The van der Waals surface area contributed by atoms with Crippen molar-refractivity contribution in [1.29, 1.82) is 0 Å². The van der Waals surface area contributed by atoms with Gasteiger partial charge in [0.05, 0.1) is 0 Å². The van der Waals surface area contributed by atoms with E-state index in [1.54, 1.807) is 0 Å². The highest BCUT2D eigenvalue weighted by Gasteiger charge is 2.38. The Labute approximate surface area is 111 Å². The molecule has 0 fully saturated rings. The minimum Gasteiger partial charge on any atom is -0.0669 e. The molecule has 0 rings (SSSR count). The van der Waals surface area contributed by atoms with Crippen LogP contribution in [0.5, 0.6) is 0 Å². The lowest BCUT2D eigenvalue weighted by atomic mass is 9.34. The van der Waals surface area contributed by atoms with Crippen LogP contribution in [-0.4, -0.2) is 7.28 Å². The normalized spacial score (nSPS) is 17.4. The Kier molecular flexibility index (Phi) is 5.83. The third-order valence-corrected chi connectivity index (χ3v) is 5.09. The molecule has 2 atom stereocenters. The van der Waals surface area contributed by atoms with E-state index in [1.165, 1.54) is 0 Å². The lowest BCUT2D eigenvalue weighted by Gasteiger charge is -2.44. The summed E-state index contributed by atoms with van der Waals surface area (Å²) in [6, 6.07) is 0. The molecule has 0 N–H and O–H groups in total. The van der Waals surface area contributed by atoms with Crippen LogP contribution in [-0.2, 0) is 0 Å². The Balaban J connectivity index is 4.81. The average molecular weight is 237 g/mol. The van der Waals surface area contributed by atoms with E-state index in [4.69, 9.17) is 0 Å². The van der Waals surface area contributed by atoms with Crippen LogP contribution < -0.4 is 0 Å². The number of rotatable bonds is 6. The average Bonchev–Trinajstić information content (AvgIpc) is 2.13. The van der Waals surface area contributed by atoms with Crippen molar-refractivity contribution in [3.8, 4) is 0 Å². The molecule has 0 amide bonds. The summed E-state index contributed by atoms with van der Waals surface area (Å²) in [5.74, 6) is 2.93. The van der Waals surface area contributed by atoms with E-state index in [-0.39, 0.29) is 0 Å². The third-order valence-electron chi connectivity index (χ3n) is 5.09. The molecule has 2 unspecified atom stereocenters. The van der Waals surface area contributed by atoms with Gasteiger partial charge in [0.15, 0.2) is 0 Å². The lowest BCUT2D eigenvalue weighted by Crippen LogP contribution is -2.36. The fourth-order valence-electron chi connectivity index (χ4n) is 2.94. The van der Waals surface area contributed by atoms with Gasteiger partial charge in [-0.25, -0.2) is 0 Å². The number of hydrogen-bond acceptors (Lipinski definition) is 0. The van der Waals surface area contributed by atoms with E-state index >= 15 is 0 Å². The Bertz CT molecular complexity index is 202. The van der Waals surface area contributed by atoms with Crippen LogP contribution in [0.2, 0.25) is 10.6 Å². The zero-order valence-corrected chi connectivity index (χ0v) is 13.9. The Hall–Kier alpha value is 0.0649. The Morgan fingerprint density at radius 1 is 0.588 bits per heavy atom. The van der Waals surface area contributed by atoms with Crippen molar-refractivity contribution in [2.45, 2.75) is 79.9 Å². The van der Waals surface area contributed by atoms with E-state index in [9.17, 15) is 0 Å². The second kappa shape index (κ2) is 5.80. The molecule has 0 bridgehead atoms. The van der Waals surface area contributed by atoms with Gasteiger partial charge in [0, 0.05) is 0 Å². The Morgan fingerprint density at radius 3 is 1.00 bits per heavy atom. The van der Waals surface area contributed by atoms with Gasteiger partial charge in [-0.3, -0.25) is 0 Å². The summed E-state index contributed by atoms with van der Waals surface area (Å²) in [7, 11) is 2.61. The molecule has 0 aromatic rings. The van der Waals surface area contributed by atoms with Gasteiger partial charge in [-0.2, -0.15) is 0 Å². The van der Waals surface area contributed by atoms with Gasteiger partial charge in [-0.1, -0.05) is 79.9 Å². The molecule has 0 aliphatic rings. The van der Waals surface area contributed by atoms with Crippen molar-refractivity contribution >= 4 is 7.28 Å². The van der Waals surface area contributed by atoms with E-state index in [0.717, 1.165) is 23.7 Å². The zero-order chi connectivity index (χ0) is 14.0. The molecule has 0 nitrogen and oxygen atoms in total. The van der Waals surface area contributed by atoms with Gasteiger partial charge in [0.1, 0.15) is 7.28 Å². The molecule has 0 heterocycles. The standard InChI is InChI=1S/C16H34B/c1-11(2)13(5)15(7,8)17-16(9,10)14(6)12(3)4/h11-14H,1-10H3. The molecular weight excluding hydrogens is 203 g/mol. The van der Waals surface area contributed by atoms with E-state index in [1.807, 2.05) is 0 Å². The second-order valence-corrected chi connectivity index (χ2v) is 7.85. The first kappa shape index (κ1) is 17.1. The quantitative estimate of drug-likeness (QED) is 0.522. The van der Waals surface area contributed by atoms with Crippen molar-refractivity contribution in [3.05, 3.63) is 0 Å². The fraction of sp³-hybridized carbons (Fsp3) is 1.00. The third kappa shape index (κ3) is 4.68. The summed E-state index contributed by atoms with van der Waals surface area (Å²) in [5.41, 5.74) is 0. The molecule has 0 saturated heterocycles. The van der Waals surface area contributed by atoms with Gasteiger partial charge in [-0.15, -0.1) is 0 Å². The van der Waals surface area contributed by atoms with Crippen LogP contribution >= 0.6 is 0 Å². The van der Waals surface area contributed by atoms with Gasteiger partial charge in [0.2, 0.25) is 0 Å². The first-order valence-electron chi connectivity index (χ1n) is 7.29. The highest BCUT2D eigenvalue weighted by molar-refractivity contribution is 6.44. The topological polar surface area (TPSA) is 0 Å². The maximum Gasteiger partial charge on any atom is 0.125 e. The van der Waals surface area contributed by atoms with Crippen molar-refractivity contribution in [2.75, 3.05) is 0 Å². The SMILES string of the molecule is CC(C)C(C)C(C)(C)[B]C(C)(C)C(C)C(C)C. The van der Waals surface area contributed by atoms with Gasteiger partial charge in [0.25, 0.3) is 0 Å². The molecule has 0 aromatic carbocycles. The summed E-state index contributed by atoms with van der Waals surface area (Å²) in [6.07, 6.45) is 0. The second-order valence-electron chi connectivity index (χ2n) is 7.85. The van der Waals surface area contributed by atoms with Gasteiger partial charge >= 0.3 is 0 Å². The van der Waals surface area contributed by atoms with Crippen molar-refractivity contribution in [3.63, 3.8) is 0 Å². The summed E-state index contributed by atoms with van der Waals surface area (Å²) in [5, 5.41) is 0.613. The maximum absolute atomic E-state index is 2.61. The lowest BCUT2D eigenvalue weighted by molar-refractivity contribution is 0.292. The summed E-state index contributed by atoms with van der Waals surface area (Å²) in [4.78, 5) is 0. The summed E-state index contributed by atoms with van der Waals surface area (Å²) >= 11 is 0. The van der Waals surface area contributed by atoms with Gasteiger partial charge < -0.3 is 0 Å². The summed E-state index contributed by atoms with van der Waals surface area (Å²) < 4.78 is 0. The highest BCUT2D eigenvalue weighted by atomic mass is 14.3. The molecule has 17 heavy (non-hydrogen) atoms. The van der Waals surface area contributed by atoms with Gasteiger partial charge in [-0.05, 0) is 23.7 Å². The van der Waals surface area contributed by atoms with Crippen molar-refractivity contribution in [1.82, 2.24) is 0 Å². The minimum absolute atomic E-state index is 0.306.